The van der Waals surface area contributed by atoms with Gasteiger partial charge in [-0.25, -0.2) is 4.79 Å². The number of likely N-dealkylation sites (tertiary alicyclic amines) is 1. The zero-order chi connectivity index (χ0) is 17.0. The number of nitrogens with zero attached hydrogens (tertiary/aromatic N) is 1. The Morgan fingerprint density at radius 3 is 2.30 bits per heavy atom. The van der Waals surface area contributed by atoms with Crippen LogP contribution in [-0.4, -0.2) is 48.3 Å². The van der Waals surface area contributed by atoms with Crippen LogP contribution in [0.15, 0.2) is 24.3 Å². The van der Waals surface area contributed by atoms with E-state index >= 15 is 0 Å². The molecular weight excluding hydrogens is 296 g/mol. The van der Waals surface area contributed by atoms with Crippen LogP contribution in [0, 0.1) is 0 Å². The van der Waals surface area contributed by atoms with Gasteiger partial charge >= 0.3 is 12.0 Å². The van der Waals surface area contributed by atoms with Gasteiger partial charge in [0.15, 0.2) is 0 Å². The van der Waals surface area contributed by atoms with Crippen LogP contribution in [0.2, 0.25) is 0 Å². The van der Waals surface area contributed by atoms with Crippen LogP contribution < -0.4 is 5.32 Å². The van der Waals surface area contributed by atoms with E-state index in [-0.39, 0.29) is 18.6 Å². The minimum Gasteiger partial charge on any atom is -0.481 e. The number of ether oxygens (including phenoxy) is 1. The molecule has 2 rings (SSSR count). The van der Waals surface area contributed by atoms with Crippen molar-refractivity contribution in [3.8, 4) is 0 Å². The first-order valence-corrected chi connectivity index (χ1v) is 7.80. The fourth-order valence-electron chi connectivity index (χ4n) is 2.53. The van der Waals surface area contributed by atoms with Gasteiger partial charge < -0.3 is 20.1 Å². The van der Waals surface area contributed by atoms with Gasteiger partial charge in [-0.15, -0.1) is 0 Å². The van der Waals surface area contributed by atoms with Crippen LogP contribution in [0.25, 0.3) is 0 Å². The van der Waals surface area contributed by atoms with Gasteiger partial charge in [-0.1, -0.05) is 38.1 Å². The van der Waals surface area contributed by atoms with Crippen molar-refractivity contribution in [2.45, 2.75) is 38.3 Å². The SMILES string of the molecule is COC1CN(C(=O)NC(CC(=O)O)c2ccc(C(C)C)cc2)C1. The predicted octanol–water partition coefficient (Wildman–Crippen LogP) is 2.37. The number of urea groups is 1. The highest BCUT2D eigenvalue weighted by Gasteiger charge is 2.32. The quantitative estimate of drug-likeness (QED) is 0.843. The van der Waals surface area contributed by atoms with Crippen molar-refractivity contribution < 1.29 is 19.4 Å². The van der Waals surface area contributed by atoms with Crippen LogP contribution in [0.3, 0.4) is 0 Å². The zero-order valence-corrected chi connectivity index (χ0v) is 13.8. The molecule has 6 nitrogen and oxygen atoms in total. The van der Waals surface area contributed by atoms with Crippen LogP contribution in [-0.2, 0) is 9.53 Å². The van der Waals surface area contributed by atoms with E-state index in [1.54, 1.807) is 12.0 Å². The van der Waals surface area contributed by atoms with Gasteiger partial charge in [-0.05, 0) is 17.0 Å². The van der Waals surface area contributed by atoms with Crippen molar-refractivity contribution in [3.05, 3.63) is 35.4 Å². The van der Waals surface area contributed by atoms with Crippen LogP contribution in [0.5, 0.6) is 0 Å². The van der Waals surface area contributed by atoms with Gasteiger partial charge in [0.1, 0.15) is 0 Å². The molecule has 0 spiro atoms. The Balaban J connectivity index is 2.04. The molecule has 1 unspecified atom stereocenters. The van der Waals surface area contributed by atoms with E-state index in [4.69, 9.17) is 9.84 Å². The normalized spacial score (nSPS) is 16.1. The molecule has 0 aliphatic carbocycles. The topological polar surface area (TPSA) is 78.9 Å². The van der Waals surface area contributed by atoms with E-state index in [1.807, 2.05) is 24.3 Å². The molecule has 0 aromatic heterocycles. The Morgan fingerprint density at radius 2 is 1.83 bits per heavy atom. The third kappa shape index (κ3) is 4.45. The first-order valence-electron chi connectivity index (χ1n) is 7.80. The highest BCUT2D eigenvalue weighted by Crippen LogP contribution is 2.22. The lowest BCUT2D eigenvalue weighted by atomic mass is 9.98. The fourth-order valence-corrected chi connectivity index (χ4v) is 2.53. The number of rotatable bonds is 6. The molecule has 1 aromatic carbocycles. The first kappa shape index (κ1) is 17.3. The summed E-state index contributed by atoms with van der Waals surface area (Å²) < 4.78 is 5.14. The van der Waals surface area contributed by atoms with Gasteiger partial charge in [0.05, 0.1) is 31.7 Å². The van der Waals surface area contributed by atoms with Crippen LogP contribution in [0.1, 0.15) is 43.4 Å². The van der Waals surface area contributed by atoms with Gasteiger partial charge in [-0.3, -0.25) is 4.79 Å². The third-order valence-electron chi connectivity index (χ3n) is 4.15. The van der Waals surface area contributed by atoms with E-state index < -0.39 is 12.0 Å². The summed E-state index contributed by atoms with van der Waals surface area (Å²) in [5.74, 6) is -0.537. The average Bonchev–Trinajstić information content (AvgIpc) is 2.45. The van der Waals surface area contributed by atoms with E-state index in [9.17, 15) is 9.59 Å². The molecule has 1 aliphatic heterocycles. The molecule has 2 N–H and O–H groups in total. The molecule has 126 valence electrons. The number of carboxylic acid groups (broad SMARTS) is 1. The molecule has 1 aliphatic rings. The van der Waals surface area contributed by atoms with Gasteiger partial charge in [0, 0.05) is 7.11 Å². The summed E-state index contributed by atoms with van der Waals surface area (Å²) in [5.41, 5.74) is 1.98. The molecule has 1 aromatic rings. The minimum absolute atomic E-state index is 0.0731. The number of nitrogens with one attached hydrogen (secondary N) is 1. The number of benzene rings is 1. The molecule has 2 amide bonds. The lowest BCUT2D eigenvalue weighted by Crippen LogP contribution is -2.57. The Morgan fingerprint density at radius 1 is 1.26 bits per heavy atom. The summed E-state index contributed by atoms with van der Waals surface area (Å²) in [5, 5.41) is 11.9. The maximum atomic E-state index is 12.2. The fraction of sp³-hybridized carbons (Fsp3) is 0.529. The van der Waals surface area contributed by atoms with E-state index in [0.717, 1.165) is 5.56 Å². The van der Waals surface area contributed by atoms with Crippen molar-refractivity contribution in [2.24, 2.45) is 0 Å². The lowest BCUT2D eigenvalue weighted by Gasteiger charge is -2.38. The molecule has 1 heterocycles. The summed E-state index contributed by atoms with van der Waals surface area (Å²) in [6, 6.07) is 6.94. The van der Waals surface area contributed by atoms with Crippen molar-refractivity contribution in [1.29, 1.82) is 0 Å². The maximum Gasteiger partial charge on any atom is 0.318 e. The van der Waals surface area contributed by atoms with Crippen molar-refractivity contribution in [1.82, 2.24) is 10.2 Å². The average molecular weight is 320 g/mol. The standard InChI is InChI=1S/C17H24N2O4/c1-11(2)12-4-6-13(7-5-12)15(8-16(20)21)18-17(22)19-9-14(10-19)23-3/h4-7,11,14-15H,8-10H2,1-3H3,(H,18,22)(H,20,21). The molecule has 1 saturated heterocycles. The van der Waals surface area contributed by atoms with Gasteiger partial charge in [-0.2, -0.15) is 0 Å². The molecule has 0 bridgehead atoms. The molecule has 23 heavy (non-hydrogen) atoms. The summed E-state index contributed by atoms with van der Waals surface area (Å²) in [6.07, 6.45) is -0.0714. The minimum atomic E-state index is -0.943. The van der Waals surface area contributed by atoms with Crippen molar-refractivity contribution in [2.75, 3.05) is 20.2 Å². The molecule has 6 heteroatoms. The second kappa shape index (κ2) is 7.46. The molecule has 0 saturated carbocycles. The monoisotopic (exact) mass is 320 g/mol. The third-order valence-corrected chi connectivity index (χ3v) is 4.15. The highest BCUT2D eigenvalue weighted by atomic mass is 16.5. The van der Waals surface area contributed by atoms with Crippen molar-refractivity contribution in [3.63, 3.8) is 0 Å². The number of carbonyl (C=O) groups excluding carboxylic acids is 1. The maximum absolute atomic E-state index is 12.2. The second-order valence-electron chi connectivity index (χ2n) is 6.18. The number of hydrogen-bond acceptors (Lipinski definition) is 3. The smallest absolute Gasteiger partial charge is 0.318 e. The van der Waals surface area contributed by atoms with E-state index in [1.165, 1.54) is 5.56 Å². The largest absolute Gasteiger partial charge is 0.481 e. The molecule has 1 atom stereocenters. The Labute approximate surface area is 136 Å². The molecule has 1 fully saturated rings. The molecule has 0 radical (unpaired) electrons. The van der Waals surface area contributed by atoms with Crippen LogP contribution >= 0.6 is 0 Å². The van der Waals surface area contributed by atoms with E-state index in [0.29, 0.717) is 19.0 Å². The number of carboxylic acids is 1. The zero-order valence-electron chi connectivity index (χ0n) is 13.8. The lowest BCUT2D eigenvalue weighted by molar-refractivity contribution is -0.137. The number of aliphatic carboxylic acids is 1. The van der Waals surface area contributed by atoms with E-state index in [2.05, 4.69) is 19.2 Å². The van der Waals surface area contributed by atoms with Gasteiger partial charge in [0.2, 0.25) is 0 Å². The van der Waals surface area contributed by atoms with Crippen LogP contribution in [0.4, 0.5) is 4.79 Å². The Hall–Kier alpha value is -2.08. The molecular formula is C17H24N2O4. The number of amides is 2. The predicted molar refractivity (Wildman–Crippen MR) is 86.4 cm³/mol. The summed E-state index contributed by atoms with van der Waals surface area (Å²) in [4.78, 5) is 24.9. The summed E-state index contributed by atoms with van der Waals surface area (Å²) >= 11 is 0. The number of hydrogen-bond donors (Lipinski definition) is 2. The Kier molecular flexibility index (Phi) is 5.60. The first-order chi connectivity index (χ1) is 10.9. The summed E-state index contributed by atoms with van der Waals surface area (Å²) in [7, 11) is 1.61. The number of carbonyl (C=O) groups is 2. The van der Waals surface area contributed by atoms with Crippen molar-refractivity contribution >= 4 is 12.0 Å². The Bertz CT molecular complexity index is 550. The highest BCUT2D eigenvalue weighted by molar-refractivity contribution is 5.77. The number of methoxy groups -OCH3 is 1. The summed E-state index contributed by atoms with van der Waals surface area (Å²) in [6.45, 7) is 5.27. The van der Waals surface area contributed by atoms with Gasteiger partial charge in [0.25, 0.3) is 0 Å². The second-order valence-corrected chi connectivity index (χ2v) is 6.18.